The van der Waals surface area contributed by atoms with Gasteiger partial charge >= 0.3 is 0 Å². The Labute approximate surface area is 141 Å². The molecule has 7 heteroatoms. The average molecular weight is 342 g/mol. The first-order valence-electron chi connectivity index (χ1n) is 7.92. The molecular formula is C17H18N4O2S. The molecule has 1 N–H and O–H groups in total. The Kier molecular flexibility index (Phi) is 3.74. The molecule has 4 rings (SSSR count). The normalized spacial score (nSPS) is 19.6. The molecule has 0 aliphatic carbocycles. The van der Waals surface area contributed by atoms with E-state index in [0.29, 0.717) is 11.6 Å². The molecule has 0 atom stereocenters. The third-order valence-electron chi connectivity index (χ3n) is 4.20. The highest BCUT2D eigenvalue weighted by Crippen LogP contribution is 2.37. The maximum atomic E-state index is 12.6. The molecule has 124 valence electrons. The van der Waals surface area contributed by atoms with Gasteiger partial charge in [0.25, 0.3) is 10.0 Å². The number of nitrogens with one attached hydrogen (secondary N) is 1. The molecule has 2 aromatic carbocycles. The molecule has 0 bridgehead atoms. The fraction of sp³-hybridized carbons (Fsp3) is 0.235. The zero-order valence-corrected chi connectivity index (χ0v) is 13.9. The van der Waals surface area contributed by atoms with Crippen LogP contribution in [-0.4, -0.2) is 45.5 Å². The Bertz CT molecular complexity index is 874. The van der Waals surface area contributed by atoms with E-state index in [2.05, 4.69) is 9.71 Å². The van der Waals surface area contributed by atoms with Gasteiger partial charge in [0, 0.05) is 31.9 Å². The number of piperazine rings is 1. The summed E-state index contributed by atoms with van der Waals surface area (Å²) >= 11 is 0. The lowest BCUT2D eigenvalue weighted by Gasteiger charge is -2.38. The van der Waals surface area contributed by atoms with Crippen LogP contribution in [0.15, 0.2) is 63.9 Å². The highest BCUT2D eigenvalue weighted by atomic mass is 32.2. The zero-order chi connectivity index (χ0) is 16.6. The van der Waals surface area contributed by atoms with Crippen LogP contribution in [0, 0.1) is 0 Å². The molecule has 1 saturated heterocycles. The number of benzene rings is 2. The SMILES string of the molecule is O=S1(=O)N=C(N2CCNCC2)N(c2ccccc2)c2ccccc21. The van der Waals surface area contributed by atoms with Gasteiger partial charge < -0.3 is 10.2 Å². The lowest BCUT2D eigenvalue weighted by atomic mass is 10.2. The molecule has 6 nitrogen and oxygen atoms in total. The van der Waals surface area contributed by atoms with E-state index < -0.39 is 10.0 Å². The summed E-state index contributed by atoms with van der Waals surface area (Å²) in [6.07, 6.45) is 0. The molecule has 0 radical (unpaired) electrons. The largest absolute Gasteiger partial charge is 0.339 e. The second-order valence-electron chi connectivity index (χ2n) is 5.74. The van der Waals surface area contributed by atoms with Crippen LogP contribution in [0.2, 0.25) is 0 Å². The average Bonchev–Trinajstić information content (AvgIpc) is 2.63. The van der Waals surface area contributed by atoms with Crippen LogP contribution in [0.25, 0.3) is 0 Å². The first kappa shape index (κ1) is 15.2. The second kappa shape index (κ2) is 5.92. The van der Waals surface area contributed by atoms with E-state index in [1.54, 1.807) is 12.1 Å². The van der Waals surface area contributed by atoms with Crippen LogP contribution >= 0.6 is 0 Å². The monoisotopic (exact) mass is 342 g/mol. The third-order valence-corrected chi connectivity index (χ3v) is 5.50. The number of hydrogen-bond donors (Lipinski definition) is 1. The summed E-state index contributed by atoms with van der Waals surface area (Å²) in [6, 6.07) is 16.8. The number of para-hydroxylation sites is 2. The Balaban J connectivity index is 1.91. The van der Waals surface area contributed by atoms with Crippen LogP contribution in [0.4, 0.5) is 11.4 Å². The fourth-order valence-corrected chi connectivity index (χ4v) is 4.25. The van der Waals surface area contributed by atoms with Crippen molar-refractivity contribution in [1.82, 2.24) is 10.2 Å². The molecule has 24 heavy (non-hydrogen) atoms. The first-order valence-corrected chi connectivity index (χ1v) is 9.36. The van der Waals surface area contributed by atoms with Crippen LogP contribution in [0.5, 0.6) is 0 Å². The number of guanidine groups is 1. The quantitative estimate of drug-likeness (QED) is 0.856. The van der Waals surface area contributed by atoms with Crippen molar-refractivity contribution >= 4 is 27.4 Å². The van der Waals surface area contributed by atoms with Gasteiger partial charge in [0.1, 0.15) is 4.90 Å². The number of rotatable bonds is 1. The summed E-state index contributed by atoms with van der Waals surface area (Å²) < 4.78 is 29.4. The maximum absolute atomic E-state index is 12.6. The van der Waals surface area contributed by atoms with Crippen molar-refractivity contribution in [2.45, 2.75) is 4.90 Å². The Hall–Kier alpha value is -2.38. The van der Waals surface area contributed by atoms with Gasteiger partial charge in [-0.05, 0) is 24.3 Å². The van der Waals surface area contributed by atoms with Gasteiger partial charge in [-0.25, -0.2) is 0 Å². The van der Waals surface area contributed by atoms with Crippen molar-refractivity contribution in [1.29, 1.82) is 0 Å². The van der Waals surface area contributed by atoms with Crippen LogP contribution in [-0.2, 0) is 10.0 Å². The Morgan fingerprint density at radius 3 is 2.33 bits per heavy atom. The molecule has 0 aromatic heterocycles. The standard InChI is InChI=1S/C17H18N4O2S/c22-24(23)16-9-5-4-8-15(16)21(14-6-2-1-3-7-14)17(19-24)20-12-10-18-11-13-20/h1-9,18H,10-13H2. The molecule has 0 unspecified atom stereocenters. The summed E-state index contributed by atoms with van der Waals surface area (Å²) in [6.45, 7) is 3.06. The predicted molar refractivity (Wildman–Crippen MR) is 94.1 cm³/mol. The summed E-state index contributed by atoms with van der Waals surface area (Å²) in [5.74, 6) is 0.474. The highest BCUT2D eigenvalue weighted by Gasteiger charge is 2.34. The molecule has 0 saturated carbocycles. The third kappa shape index (κ3) is 2.55. The Morgan fingerprint density at radius 1 is 0.917 bits per heavy atom. The lowest BCUT2D eigenvalue weighted by Crippen LogP contribution is -2.52. The lowest BCUT2D eigenvalue weighted by molar-refractivity contribution is 0.353. The van der Waals surface area contributed by atoms with Crippen molar-refractivity contribution < 1.29 is 8.42 Å². The van der Waals surface area contributed by atoms with E-state index in [4.69, 9.17) is 0 Å². The van der Waals surface area contributed by atoms with Crippen molar-refractivity contribution in [3.63, 3.8) is 0 Å². The second-order valence-corrected chi connectivity index (χ2v) is 7.31. The van der Waals surface area contributed by atoms with E-state index in [-0.39, 0.29) is 4.90 Å². The van der Waals surface area contributed by atoms with Gasteiger partial charge in [0.15, 0.2) is 0 Å². The molecule has 2 aliphatic heterocycles. The van der Waals surface area contributed by atoms with Gasteiger partial charge in [-0.3, -0.25) is 4.90 Å². The molecule has 0 spiro atoms. The van der Waals surface area contributed by atoms with Crippen molar-refractivity contribution in [2.75, 3.05) is 31.1 Å². The van der Waals surface area contributed by atoms with Crippen molar-refractivity contribution in [3.8, 4) is 0 Å². The van der Waals surface area contributed by atoms with E-state index in [9.17, 15) is 8.42 Å². The number of sulfonamides is 1. The molecule has 2 aliphatic rings. The number of nitrogens with zero attached hydrogens (tertiary/aromatic N) is 3. The van der Waals surface area contributed by atoms with Gasteiger partial charge in [-0.15, -0.1) is 4.40 Å². The summed E-state index contributed by atoms with van der Waals surface area (Å²) in [5.41, 5.74) is 1.55. The van der Waals surface area contributed by atoms with Crippen molar-refractivity contribution in [3.05, 3.63) is 54.6 Å². The first-order chi connectivity index (χ1) is 11.7. The van der Waals surface area contributed by atoms with Gasteiger partial charge in [0.05, 0.1) is 5.69 Å². The summed E-state index contributed by atoms with van der Waals surface area (Å²) in [4.78, 5) is 4.20. The van der Waals surface area contributed by atoms with Crippen molar-refractivity contribution in [2.24, 2.45) is 4.40 Å². The van der Waals surface area contributed by atoms with E-state index in [0.717, 1.165) is 31.9 Å². The summed E-state index contributed by atoms with van der Waals surface area (Å²) in [5, 5.41) is 3.28. The van der Waals surface area contributed by atoms with Crippen LogP contribution < -0.4 is 10.2 Å². The number of fused-ring (bicyclic) bond motifs is 1. The number of hydrogen-bond acceptors (Lipinski definition) is 5. The number of anilines is 2. The van der Waals surface area contributed by atoms with E-state index in [1.807, 2.05) is 52.3 Å². The highest BCUT2D eigenvalue weighted by molar-refractivity contribution is 7.90. The molecule has 2 aromatic rings. The van der Waals surface area contributed by atoms with Gasteiger partial charge in [0.2, 0.25) is 5.96 Å². The molecule has 0 amide bonds. The van der Waals surface area contributed by atoms with Gasteiger partial charge in [-0.2, -0.15) is 8.42 Å². The minimum absolute atomic E-state index is 0.243. The molecule has 1 fully saturated rings. The zero-order valence-electron chi connectivity index (χ0n) is 13.1. The Morgan fingerprint density at radius 2 is 1.58 bits per heavy atom. The molecule has 2 heterocycles. The van der Waals surface area contributed by atoms with Crippen LogP contribution in [0.1, 0.15) is 0 Å². The van der Waals surface area contributed by atoms with E-state index >= 15 is 0 Å². The summed E-state index contributed by atoms with van der Waals surface area (Å²) in [7, 11) is -3.70. The fourth-order valence-electron chi connectivity index (χ4n) is 3.06. The van der Waals surface area contributed by atoms with E-state index in [1.165, 1.54) is 0 Å². The molecular weight excluding hydrogens is 324 g/mol. The smallest absolute Gasteiger partial charge is 0.287 e. The minimum atomic E-state index is -3.70. The predicted octanol–water partition coefficient (Wildman–Crippen LogP) is 1.79. The topological polar surface area (TPSA) is 65.0 Å². The van der Waals surface area contributed by atoms with Crippen LogP contribution in [0.3, 0.4) is 0 Å². The maximum Gasteiger partial charge on any atom is 0.287 e. The van der Waals surface area contributed by atoms with Gasteiger partial charge in [-0.1, -0.05) is 30.3 Å². The minimum Gasteiger partial charge on any atom is -0.339 e.